The fraction of sp³-hybridized carbons (Fsp3) is 0.273. The molecular formula is C11H11F3OS. The molecule has 0 radical (unpaired) electrons. The highest BCUT2D eigenvalue weighted by atomic mass is 32.2. The minimum Gasteiger partial charge on any atom is -0.497 e. The molecule has 0 heterocycles. The van der Waals surface area contributed by atoms with Crippen LogP contribution in [0.3, 0.4) is 0 Å². The Hall–Kier alpha value is -1.10. The topological polar surface area (TPSA) is 9.23 Å². The average Bonchev–Trinajstić information content (AvgIpc) is 2.25. The molecule has 0 aromatic heterocycles. The Bertz CT molecular complexity index is 374. The molecule has 0 aliphatic heterocycles. The van der Waals surface area contributed by atoms with E-state index in [1.807, 2.05) is 0 Å². The summed E-state index contributed by atoms with van der Waals surface area (Å²) in [4.78, 5) is 0. The van der Waals surface area contributed by atoms with Gasteiger partial charge in [0.1, 0.15) is 5.75 Å². The van der Waals surface area contributed by atoms with E-state index in [2.05, 4.69) is 6.58 Å². The molecule has 0 atom stereocenters. The molecule has 5 heteroatoms. The second kappa shape index (κ2) is 5.30. The van der Waals surface area contributed by atoms with Crippen molar-refractivity contribution in [1.82, 2.24) is 0 Å². The lowest BCUT2D eigenvalue weighted by Gasteiger charge is -2.09. The first kappa shape index (κ1) is 13.0. The summed E-state index contributed by atoms with van der Waals surface area (Å²) in [6.45, 7) is 3.63. The smallest absolute Gasteiger partial charge is 0.442 e. The quantitative estimate of drug-likeness (QED) is 0.797. The van der Waals surface area contributed by atoms with Crippen LogP contribution in [0, 0.1) is 0 Å². The first-order valence-corrected chi connectivity index (χ1v) is 5.44. The predicted octanol–water partition coefficient (Wildman–Crippen LogP) is 3.96. The monoisotopic (exact) mass is 248 g/mol. The zero-order valence-electron chi connectivity index (χ0n) is 8.67. The summed E-state index contributed by atoms with van der Waals surface area (Å²) < 4.78 is 40.9. The van der Waals surface area contributed by atoms with Crippen LogP contribution in [0.2, 0.25) is 0 Å². The Morgan fingerprint density at radius 2 is 2.12 bits per heavy atom. The fourth-order valence-corrected chi connectivity index (χ4v) is 1.60. The van der Waals surface area contributed by atoms with Crippen LogP contribution < -0.4 is 4.74 Å². The molecule has 1 rings (SSSR count). The van der Waals surface area contributed by atoms with Crippen LogP contribution in [0.5, 0.6) is 5.75 Å². The van der Waals surface area contributed by atoms with Crippen molar-refractivity contribution in [3.05, 3.63) is 36.4 Å². The summed E-state index contributed by atoms with van der Waals surface area (Å²) >= 11 is -0.0904. The molecule has 0 amide bonds. The fourth-order valence-electron chi connectivity index (χ4n) is 1.10. The number of rotatable bonds is 4. The van der Waals surface area contributed by atoms with E-state index in [0.717, 1.165) is 0 Å². The van der Waals surface area contributed by atoms with E-state index in [1.54, 1.807) is 24.3 Å². The van der Waals surface area contributed by atoms with Crippen LogP contribution in [0.4, 0.5) is 13.2 Å². The van der Waals surface area contributed by atoms with Crippen LogP contribution in [-0.2, 0) is 0 Å². The zero-order valence-corrected chi connectivity index (χ0v) is 9.49. The predicted molar refractivity (Wildman–Crippen MR) is 60.5 cm³/mol. The molecule has 0 unspecified atom stereocenters. The van der Waals surface area contributed by atoms with Gasteiger partial charge in [-0.05, 0) is 35.0 Å². The van der Waals surface area contributed by atoms with Crippen molar-refractivity contribution in [3.63, 3.8) is 0 Å². The van der Waals surface area contributed by atoms with E-state index in [9.17, 15) is 13.2 Å². The Labute approximate surface area is 96.3 Å². The highest BCUT2D eigenvalue weighted by Gasteiger charge is 2.28. The molecule has 1 aromatic carbocycles. The van der Waals surface area contributed by atoms with Gasteiger partial charge in [-0.25, -0.2) is 0 Å². The minimum atomic E-state index is -4.22. The maximum atomic E-state index is 12.0. The number of thioether (sulfide) groups is 1. The largest absolute Gasteiger partial charge is 0.497 e. The van der Waals surface area contributed by atoms with Crippen molar-refractivity contribution < 1.29 is 17.9 Å². The molecule has 88 valence electrons. The molecule has 0 aliphatic carbocycles. The Morgan fingerprint density at radius 1 is 1.44 bits per heavy atom. The maximum absolute atomic E-state index is 12.0. The molecule has 0 saturated heterocycles. The Kier molecular flexibility index (Phi) is 4.29. The molecule has 16 heavy (non-hydrogen) atoms. The number of hydrogen-bond donors (Lipinski definition) is 0. The molecular weight excluding hydrogens is 237 g/mol. The average molecular weight is 248 g/mol. The van der Waals surface area contributed by atoms with Crippen LogP contribution in [0.15, 0.2) is 30.8 Å². The number of benzene rings is 1. The van der Waals surface area contributed by atoms with Crippen LogP contribution in [-0.4, -0.2) is 18.4 Å². The molecule has 1 aromatic rings. The van der Waals surface area contributed by atoms with Gasteiger partial charge >= 0.3 is 5.51 Å². The molecule has 0 saturated carbocycles. The van der Waals surface area contributed by atoms with Crippen molar-refractivity contribution in [2.45, 2.75) is 5.51 Å². The van der Waals surface area contributed by atoms with E-state index in [1.165, 1.54) is 7.11 Å². The van der Waals surface area contributed by atoms with E-state index >= 15 is 0 Å². The third kappa shape index (κ3) is 4.18. The third-order valence-electron chi connectivity index (χ3n) is 1.89. The summed E-state index contributed by atoms with van der Waals surface area (Å²) in [5.41, 5.74) is -3.13. The first-order chi connectivity index (χ1) is 7.42. The van der Waals surface area contributed by atoms with Gasteiger partial charge < -0.3 is 4.74 Å². The zero-order chi connectivity index (χ0) is 12.2. The molecule has 0 aliphatic rings. The maximum Gasteiger partial charge on any atom is 0.442 e. The van der Waals surface area contributed by atoms with Gasteiger partial charge in [-0.15, -0.1) is 0 Å². The SMILES string of the molecule is C=C(CSC(F)(F)F)c1cccc(OC)c1. The molecule has 0 bridgehead atoms. The summed E-state index contributed by atoms with van der Waals surface area (Å²) in [5, 5.41) is 0. The van der Waals surface area contributed by atoms with Crippen LogP contribution in [0.25, 0.3) is 5.57 Å². The lowest BCUT2D eigenvalue weighted by atomic mass is 10.1. The van der Waals surface area contributed by atoms with Crippen molar-refractivity contribution in [2.24, 2.45) is 0 Å². The van der Waals surface area contributed by atoms with Gasteiger partial charge in [-0.3, -0.25) is 0 Å². The Morgan fingerprint density at radius 3 is 2.69 bits per heavy atom. The van der Waals surface area contributed by atoms with Crippen LogP contribution >= 0.6 is 11.8 Å². The number of methoxy groups -OCH3 is 1. The lowest BCUT2D eigenvalue weighted by molar-refractivity contribution is -0.0325. The van der Waals surface area contributed by atoms with Crippen molar-refractivity contribution in [3.8, 4) is 5.75 Å². The van der Waals surface area contributed by atoms with Crippen molar-refractivity contribution in [1.29, 1.82) is 0 Å². The summed E-state index contributed by atoms with van der Waals surface area (Å²) in [7, 11) is 1.51. The van der Waals surface area contributed by atoms with E-state index in [-0.39, 0.29) is 17.5 Å². The van der Waals surface area contributed by atoms with Gasteiger partial charge in [-0.2, -0.15) is 13.2 Å². The van der Waals surface area contributed by atoms with E-state index in [0.29, 0.717) is 16.9 Å². The van der Waals surface area contributed by atoms with Gasteiger partial charge in [0.15, 0.2) is 0 Å². The van der Waals surface area contributed by atoms with Gasteiger partial charge in [-0.1, -0.05) is 18.7 Å². The second-order valence-corrected chi connectivity index (χ2v) is 4.11. The van der Waals surface area contributed by atoms with Gasteiger partial charge in [0, 0.05) is 5.75 Å². The summed E-state index contributed by atoms with van der Waals surface area (Å²) in [6, 6.07) is 6.83. The molecule has 1 nitrogen and oxygen atoms in total. The number of alkyl halides is 3. The molecule has 0 fully saturated rings. The number of halogens is 3. The number of ether oxygens (including phenoxy) is 1. The Balaban J connectivity index is 2.66. The van der Waals surface area contributed by atoms with E-state index < -0.39 is 5.51 Å². The van der Waals surface area contributed by atoms with E-state index in [4.69, 9.17) is 4.74 Å². The number of hydrogen-bond acceptors (Lipinski definition) is 2. The van der Waals surface area contributed by atoms with Crippen molar-refractivity contribution >= 4 is 17.3 Å². The normalized spacial score (nSPS) is 11.2. The van der Waals surface area contributed by atoms with Crippen molar-refractivity contribution in [2.75, 3.05) is 12.9 Å². The minimum absolute atomic E-state index is 0.0904. The van der Waals surface area contributed by atoms with Crippen LogP contribution in [0.1, 0.15) is 5.56 Å². The summed E-state index contributed by atoms with van der Waals surface area (Å²) in [5.74, 6) is 0.437. The highest BCUT2D eigenvalue weighted by Crippen LogP contribution is 2.33. The second-order valence-electron chi connectivity index (χ2n) is 3.07. The molecule has 0 N–H and O–H groups in total. The lowest BCUT2D eigenvalue weighted by Crippen LogP contribution is -2.02. The van der Waals surface area contributed by atoms with Gasteiger partial charge in [0.05, 0.1) is 7.11 Å². The standard InChI is InChI=1S/C11H11F3OS/c1-8(7-16-11(12,13)14)9-4-3-5-10(6-9)15-2/h3-6H,1,7H2,2H3. The summed E-state index contributed by atoms with van der Waals surface area (Å²) in [6.07, 6.45) is 0. The van der Waals surface area contributed by atoms with Gasteiger partial charge in [0.25, 0.3) is 0 Å². The highest BCUT2D eigenvalue weighted by molar-refractivity contribution is 8.00. The third-order valence-corrected chi connectivity index (χ3v) is 2.71. The van der Waals surface area contributed by atoms with Gasteiger partial charge in [0.2, 0.25) is 0 Å². The molecule has 0 spiro atoms. The first-order valence-electron chi connectivity index (χ1n) is 4.45.